The molecule has 1 heterocycles. The van der Waals surface area contributed by atoms with Crippen LogP contribution in [0.25, 0.3) is 0 Å². The minimum Gasteiger partial charge on any atom is -0.497 e. The molecule has 134 valence electrons. The van der Waals surface area contributed by atoms with E-state index in [1.54, 1.807) is 12.1 Å². The van der Waals surface area contributed by atoms with E-state index in [0.717, 1.165) is 19.3 Å². The number of rotatable bonds is 5. The molecule has 1 aromatic carbocycles. The standard InChI is InChI=1S/C17H20N2O4S2/c1-11-3-8-15-12(9-11)10-16(24-15)17(20)18-19-25(21,22)14-6-4-13(23-2)5-7-14/h4-7,10-11,19H,3,8-9H2,1-2H3,(H,18,20)/t11-/m1/s1. The van der Waals surface area contributed by atoms with Gasteiger partial charge >= 0.3 is 0 Å². The van der Waals surface area contributed by atoms with Gasteiger partial charge in [-0.25, -0.2) is 8.42 Å². The van der Waals surface area contributed by atoms with Crippen molar-refractivity contribution in [2.75, 3.05) is 7.11 Å². The second-order valence-electron chi connectivity index (χ2n) is 6.14. The number of thiophene rings is 1. The normalized spacial score (nSPS) is 17.0. The number of amides is 1. The molecule has 1 aliphatic rings. The fourth-order valence-electron chi connectivity index (χ4n) is 2.81. The fraction of sp³-hybridized carbons (Fsp3) is 0.353. The number of benzene rings is 1. The summed E-state index contributed by atoms with van der Waals surface area (Å²) in [6, 6.07) is 7.79. The van der Waals surface area contributed by atoms with Gasteiger partial charge in [-0.3, -0.25) is 10.2 Å². The molecule has 3 rings (SSSR count). The van der Waals surface area contributed by atoms with E-state index in [9.17, 15) is 13.2 Å². The van der Waals surface area contributed by atoms with Gasteiger partial charge in [0.2, 0.25) is 0 Å². The number of methoxy groups -OCH3 is 1. The molecule has 0 spiro atoms. The molecular formula is C17H20N2O4S2. The van der Waals surface area contributed by atoms with E-state index in [-0.39, 0.29) is 4.90 Å². The quantitative estimate of drug-likeness (QED) is 0.781. The molecule has 0 fully saturated rings. The maximum atomic E-state index is 12.3. The first-order valence-corrected chi connectivity index (χ1v) is 10.3. The van der Waals surface area contributed by atoms with Gasteiger partial charge in [0.1, 0.15) is 5.75 Å². The van der Waals surface area contributed by atoms with E-state index in [2.05, 4.69) is 17.2 Å². The van der Waals surface area contributed by atoms with Crippen molar-refractivity contribution in [2.24, 2.45) is 5.92 Å². The van der Waals surface area contributed by atoms with Gasteiger partial charge < -0.3 is 4.74 Å². The minimum atomic E-state index is -3.83. The molecule has 1 atom stereocenters. The molecule has 0 saturated carbocycles. The number of fused-ring (bicyclic) bond motifs is 1. The summed E-state index contributed by atoms with van der Waals surface area (Å²) in [4.78, 5) is 16.2. The molecule has 25 heavy (non-hydrogen) atoms. The summed E-state index contributed by atoms with van der Waals surface area (Å²) in [5, 5.41) is 0. The highest BCUT2D eigenvalue weighted by molar-refractivity contribution is 7.89. The molecule has 0 bridgehead atoms. The number of aryl methyl sites for hydroxylation is 1. The van der Waals surface area contributed by atoms with E-state index in [0.29, 0.717) is 16.5 Å². The van der Waals surface area contributed by atoms with Crippen LogP contribution in [0.1, 0.15) is 33.5 Å². The van der Waals surface area contributed by atoms with Crippen LogP contribution in [-0.4, -0.2) is 21.4 Å². The van der Waals surface area contributed by atoms with Crippen LogP contribution in [0.5, 0.6) is 5.75 Å². The van der Waals surface area contributed by atoms with Crippen molar-refractivity contribution in [3.63, 3.8) is 0 Å². The smallest absolute Gasteiger partial charge is 0.276 e. The zero-order chi connectivity index (χ0) is 18.0. The molecule has 0 aliphatic heterocycles. The SMILES string of the molecule is COc1ccc(S(=O)(=O)NNC(=O)c2cc3c(s2)CC[C@@H](C)C3)cc1. The predicted octanol–water partition coefficient (Wildman–Crippen LogP) is 2.50. The first-order chi connectivity index (χ1) is 11.9. The Morgan fingerprint density at radius 3 is 2.68 bits per heavy atom. The van der Waals surface area contributed by atoms with Gasteiger partial charge in [0.05, 0.1) is 16.9 Å². The first kappa shape index (κ1) is 17.9. The van der Waals surface area contributed by atoms with Crippen LogP contribution >= 0.6 is 11.3 Å². The van der Waals surface area contributed by atoms with E-state index in [4.69, 9.17) is 4.74 Å². The lowest BCUT2D eigenvalue weighted by atomic mass is 9.90. The molecule has 0 unspecified atom stereocenters. The monoisotopic (exact) mass is 380 g/mol. The predicted molar refractivity (Wildman–Crippen MR) is 96.3 cm³/mol. The fourth-order valence-corrected chi connectivity index (χ4v) is 4.75. The summed E-state index contributed by atoms with van der Waals surface area (Å²) < 4.78 is 29.5. The third-order valence-electron chi connectivity index (χ3n) is 4.22. The van der Waals surface area contributed by atoms with E-state index >= 15 is 0 Å². The number of hydrogen-bond donors (Lipinski definition) is 2. The number of ether oxygens (including phenoxy) is 1. The summed E-state index contributed by atoms with van der Waals surface area (Å²) in [7, 11) is -2.33. The molecule has 0 saturated heterocycles. The average molecular weight is 380 g/mol. The molecule has 1 amide bonds. The van der Waals surface area contributed by atoms with E-state index < -0.39 is 15.9 Å². The number of carbonyl (C=O) groups excluding carboxylic acids is 1. The Morgan fingerprint density at radius 1 is 1.28 bits per heavy atom. The molecule has 1 aromatic heterocycles. The average Bonchev–Trinajstić information content (AvgIpc) is 3.03. The molecule has 1 aliphatic carbocycles. The highest BCUT2D eigenvalue weighted by Gasteiger charge is 2.22. The van der Waals surface area contributed by atoms with E-state index in [1.165, 1.54) is 41.0 Å². The van der Waals surface area contributed by atoms with Crippen molar-refractivity contribution in [3.8, 4) is 5.75 Å². The van der Waals surface area contributed by atoms with Crippen LogP contribution in [0.4, 0.5) is 0 Å². The second kappa shape index (κ2) is 7.15. The molecule has 0 radical (unpaired) electrons. The Labute approximate surface area is 151 Å². The van der Waals surface area contributed by atoms with Crippen LogP contribution in [0, 0.1) is 5.92 Å². The van der Waals surface area contributed by atoms with Crippen molar-refractivity contribution in [1.29, 1.82) is 0 Å². The molecule has 2 N–H and O–H groups in total. The topological polar surface area (TPSA) is 84.5 Å². The van der Waals surface area contributed by atoms with Crippen LogP contribution < -0.4 is 15.0 Å². The van der Waals surface area contributed by atoms with Crippen molar-refractivity contribution >= 4 is 27.3 Å². The maximum absolute atomic E-state index is 12.3. The Kier molecular flexibility index (Phi) is 5.12. The summed E-state index contributed by atoms with van der Waals surface area (Å²) in [5.74, 6) is 0.733. The van der Waals surface area contributed by atoms with Gasteiger partial charge in [-0.2, -0.15) is 0 Å². The summed E-state index contributed by atoms with van der Waals surface area (Å²) >= 11 is 1.43. The second-order valence-corrected chi connectivity index (χ2v) is 8.96. The molecule has 8 heteroatoms. The summed E-state index contributed by atoms with van der Waals surface area (Å²) in [5.41, 5.74) is 3.49. The van der Waals surface area contributed by atoms with Crippen LogP contribution in [-0.2, 0) is 22.9 Å². The molecule has 6 nitrogen and oxygen atoms in total. The lowest BCUT2D eigenvalue weighted by molar-refractivity contribution is 0.0949. The third kappa shape index (κ3) is 4.02. The highest BCUT2D eigenvalue weighted by atomic mass is 32.2. The number of hydrazine groups is 1. The van der Waals surface area contributed by atoms with Crippen molar-refractivity contribution in [2.45, 2.75) is 31.1 Å². The number of carbonyl (C=O) groups is 1. The maximum Gasteiger partial charge on any atom is 0.276 e. The molecular weight excluding hydrogens is 360 g/mol. The zero-order valence-electron chi connectivity index (χ0n) is 14.0. The number of hydrogen-bond acceptors (Lipinski definition) is 5. The summed E-state index contributed by atoms with van der Waals surface area (Å²) in [6.45, 7) is 2.20. The number of nitrogens with one attached hydrogen (secondary N) is 2. The van der Waals surface area contributed by atoms with Crippen LogP contribution in [0.15, 0.2) is 35.2 Å². The van der Waals surface area contributed by atoms with Crippen molar-refractivity contribution < 1.29 is 17.9 Å². The third-order valence-corrected chi connectivity index (χ3v) is 6.72. The Bertz CT molecular complexity index is 873. The van der Waals surface area contributed by atoms with Gasteiger partial charge in [-0.15, -0.1) is 16.2 Å². The molecule has 2 aromatic rings. The Morgan fingerprint density at radius 2 is 2.00 bits per heavy atom. The first-order valence-electron chi connectivity index (χ1n) is 7.97. The lowest BCUT2D eigenvalue weighted by Crippen LogP contribution is -2.41. The van der Waals surface area contributed by atoms with Crippen LogP contribution in [0.3, 0.4) is 0 Å². The van der Waals surface area contributed by atoms with Crippen LogP contribution in [0.2, 0.25) is 0 Å². The van der Waals surface area contributed by atoms with Crippen molar-refractivity contribution in [3.05, 3.63) is 45.6 Å². The zero-order valence-corrected chi connectivity index (χ0v) is 15.7. The van der Waals surface area contributed by atoms with Crippen molar-refractivity contribution in [1.82, 2.24) is 10.3 Å². The Hall–Kier alpha value is -1.90. The van der Waals surface area contributed by atoms with Gasteiger partial charge in [0.15, 0.2) is 0 Å². The van der Waals surface area contributed by atoms with E-state index in [1.807, 2.05) is 6.07 Å². The van der Waals surface area contributed by atoms with Gasteiger partial charge in [-0.05, 0) is 61.1 Å². The Balaban J connectivity index is 1.67. The van der Waals surface area contributed by atoms with Gasteiger partial charge in [0, 0.05) is 4.88 Å². The number of sulfonamides is 1. The lowest BCUT2D eigenvalue weighted by Gasteiger charge is -2.16. The van der Waals surface area contributed by atoms with Gasteiger partial charge in [0.25, 0.3) is 15.9 Å². The minimum absolute atomic E-state index is 0.0490. The highest BCUT2D eigenvalue weighted by Crippen LogP contribution is 2.32. The largest absolute Gasteiger partial charge is 0.497 e. The van der Waals surface area contributed by atoms with Gasteiger partial charge in [-0.1, -0.05) is 6.92 Å². The summed E-state index contributed by atoms with van der Waals surface area (Å²) in [6.07, 6.45) is 3.07.